The first kappa shape index (κ1) is 16.1. The van der Waals surface area contributed by atoms with Gasteiger partial charge in [-0.1, -0.05) is 0 Å². The Morgan fingerprint density at radius 2 is 1.75 bits per heavy atom. The van der Waals surface area contributed by atoms with Gasteiger partial charge < -0.3 is 24.6 Å². The van der Waals surface area contributed by atoms with Gasteiger partial charge in [-0.3, -0.25) is 4.79 Å². The fourth-order valence-corrected chi connectivity index (χ4v) is 1.71. The molecule has 0 heterocycles. The predicted octanol–water partition coefficient (Wildman–Crippen LogP) is 1.21. The standard InChI is InChI=1S/C14H21NO5/c1-9(16)5-6-15-14(17)10-7-11(18-2)13(20-4)12(8-10)19-3/h7-9,16H,5-6H2,1-4H3,(H,15,17). The average Bonchev–Trinajstić information content (AvgIpc) is 2.44. The van der Waals surface area contributed by atoms with Gasteiger partial charge in [0.2, 0.25) is 5.75 Å². The topological polar surface area (TPSA) is 77.0 Å². The third-order valence-corrected chi connectivity index (χ3v) is 2.77. The second-order valence-electron chi connectivity index (χ2n) is 4.31. The lowest BCUT2D eigenvalue weighted by molar-refractivity contribution is 0.0944. The molecule has 0 spiro atoms. The molecule has 0 aliphatic carbocycles. The van der Waals surface area contributed by atoms with Gasteiger partial charge in [0.25, 0.3) is 5.91 Å². The molecule has 112 valence electrons. The normalized spacial score (nSPS) is 11.7. The van der Waals surface area contributed by atoms with Crippen LogP contribution in [-0.2, 0) is 0 Å². The first-order chi connectivity index (χ1) is 9.53. The van der Waals surface area contributed by atoms with E-state index in [0.29, 0.717) is 35.8 Å². The third-order valence-electron chi connectivity index (χ3n) is 2.77. The van der Waals surface area contributed by atoms with Crippen molar-refractivity contribution in [1.29, 1.82) is 0 Å². The summed E-state index contributed by atoms with van der Waals surface area (Å²) < 4.78 is 15.6. The lowest BCUT2D eigenvalue weighted by Gasteiger charge is -2.14. The molecule has 0 aliphatic heterocycles. The van der Waals surface area contributed by atoms with Crippen molar-refractivity contribution in [3.05, 3.63) is 17.7 Å². The molecule has 0 radical (unpaired) electrons. The summed E-state index contributed by atoms with van der Waals surface area (Å²) in [6, 6.07) is 3.16. The van der Waals surface area contributed by atoms with Crippen LogP contribution in [0.2, 0.25) is 0 Å². The van der Waals surface area contributed by atoms with Crippen LogP contribution in [0.3, 0.4) is 0 Å². The van der Waals surface area contributed by atoms with Gasteiger partial charge in [0, 0.05) is 12.1 Å². The lowest BCUT2D eigenvalue weighted by atomic mass is 10.1. The number of carbonyl (C=O) groups excluding carboxylic acids is 1. The maximum absolute atomic E-state index is 12.0. The molecule has 1 unspecified atom stereocenters. The van der Waals surface area contributed by atoms with Gasteiger partial charge in [-0.15, -0.1) is 0 Å². The molecule has 0 saturated carbocycles. The Hall–Kier alpha value is -1.95. The summed E-state index contributed by atoms with van der Waals surface area (Å²) in [5.74, 6) is 1.03. The van der Waals surface area contributed by atoms with E-state index < -0.39 is 6.10 Å². The van der Waals surface area contributed by atoms with E-state index in [1.807, 2.05) is 0 Å². The van der Waals surface area contributed by atoms with Gasteiger partial charge in [-0.25, -0.2) is 0 Å². The summed E-state index contributed by atoms with van der Waals surface area (Å²) in [6.07, 6.45) is 0.0473. The summed E-state index contributed by atoms with van der Waals surface area (Å²) in [6.45, 7) is 2.07. The number of aliphatic hydroxyl groups is 1. The molecule has 1 aromatic rings. The summed E-state index contributed by atoms with van der Waals surface area (Å²) in [5.41, 5.74) is 0.407. The molecule has 1 rings (SSSR count). The summed E-state index contributed by atoms with van der Waals surface area (Å²) in [7, 11) is 4.49. The molecule has 0 fully saturated rings. The zero-order valence-electron chi connectivity index (χ0n) is 12.2. The largest absolute Gasteiger partial charge is 0.493 e. The Balaban J connectivity index is 2.92. The molecule has 0 bridgehead atoms. The SMILES string of the molecule is COc1cc(C(=O)NCCC(C)O)cc(OC)c1OC. The summed E-state index contributed by atoms with van der Waals surface area (Å²) >= 11 is 0. The van der Waals surface area contributed by atoms with Gasteiger partial charge in [0.05, 0.1) is 27.4 Å². The number of aliphatic hydroxyl groups excluding tert-OH is 1. The third kappa shape index (κ3) is 4.03. The van der Waals surface area contributed by atoms with Crippen molar-refractivity contribution in [2.75, 3.05) is 27.9 Å². The second-order valence-corrected chi connectivity index (χ2v) is 4.31. The van der Waals surface area contributed by atoms with Gasteiger partial charge in [0.15, 0.2) is 11.5 Å². The number of nitrogens with one attached hydrogen (secondary N) is 1. The molecule has 1 aromatic carbocycles. The zero-order chi connectivity index (χ0) is 15.1. The Bertz CT molecular complexity index is 434. The molecule has 0 aromatic heterocycles. The van der Waals surface area contributed by atoms with Crippen LogP contribution >= 0.6 is 0 Å². The fraction of sp³-hybridized carbons (Fsp3) is 0.500. The van der Waals surface area contributed by atoms with E-state index in [4.69, 9.17) is 19.3 Å². The number of rotatable bonds is 7. The van der Waals surface area contributed by atoms with E-state index in [0.717, 1.165) is 0 Å². The Kier molecular flexibility index (Phi) is 6.11. The first-order valence-corrected chi connectivity index (χ1v) is 6.29. The van der Waals surface area contributed by atoms with Crippen molar-refractivity contribution >= 4 is 5.91 Å². The lowest BCUT2D eigenvalue weighted by Crippen LogP contribution is -2.26. The van der Waals surface area contributed by atoms with Crippen LogP contribution in [0.25, 0.3) is 0 Å². The number of hydrogen-bond acceptors (Lipinski definition) is 5. The first-order valence-electron chi connectivity index (χ1n) is 6.29. The van der Waals surface area contributed by atoms with Gasteiger partial charge in [0.1, 0.15) is 0 Å². The van der Waals surface area contributed by atoms with Crippen LogP contribution in [0.4, 0.5) is 0 Å². The van der Waals surface area contributed by atoms with Crippen molar-refractivity contribution in [3.8, 4) is 17.2 Å². The number of carbonyl (C=O) groups is 1. The number of ether oxygens (including phenoxy) is 3. The van der Waals surface area contributed by atoms with Crippen LogP contribution < -0.4 is 19.5 Å². The Morgan fingerprint density at radius 3 is 2.15 bits per heavy atom. The van der Waals surface area contributed by atoms with Crippen molar-refractivity contribution < 1.29 is 24.1 Å². The van der Waals surface area contributed by atoms with Crippen molar-refractivity contribution in [3.63, 3.8) is 0 Å². The maximum atomic E-state index is 12.0. The zero-order valence-corrected chi connectivity index (χ0v) is 12.2. The number of hydrogen-bond donors (Lipinski definition) is 2. The highest BCUT2D eigenvalue weighted by Gasteiger charge is 2.16. The average molecular weight is 283 g/mol. The van der Waals surface area contributed by atoms with Crippen LogP contribution in [0.1, 0.15) is 23.7 Å². The maximum Gasteiger partial charge on any atom is 0.251 e. The van der Waals surface area contributed by atoms with Gasteiger partial charge >= 0.3 is 0 Å². The second kappa shape index (κ2) is 7.59. The van der Waals surface area contributed by atoms with Crippen LogP contribution in [0, 0.1) is 0 Å². The van der Waals surface area contributed by atoms with Crippen LogP contribution in [-0.4, -0.2) is 45.0 Å². The molecular weight excluding hydrogens is 262 g/mol. The van der Waals surface area contributed by atoms with Crippen molar-refractivity contribution in [2.45, 2.75) is 19.4 Å². The van der Waals surface area contributed by atoms with E-state index in [1.165, 1.54) is 21.3 Å². The Labute approximate surface area is 118 Å². The van der Waals surface area contributed by atoms with Gasteiger partial charge in [-0.2, -0.15) is 0 Å². The Morgan fingerprint density at radius 1 is 1.20 bits per heavy atom. The summed E-state index contributed by atoms with van der Waals surface area (Å²) in [5, 5.41) is 11.9. The van der Waals surface area contributed by atoms with Crippen LogP contribution in [0.5, 0.6) is 17.2 Å². The number of amides is 1. The molecule has 0 saturated heterocycles. The molecule has 0 aliphatic rings. The molecule has 6 nitrogen and oxygen atoms in total. The van der Waals surface area contributed by atoms with Crippen molar-refractivity contribution in [1.82, 2.24) is 5.32 Å². The summed E-state index contributed by atoms with van der Waals surface area (Å²) in [4.78, 5) is 12.0. The van der Waals surface area contributed by atoms with Crippen molar-refractivity contribution in [2.24, 2.45) is 0 Å². The molecule has 1 atom stereocenters. The smallest absolute Gasteiger partial charge is 0.251 e. The molecule has 20 heavy (non-hydrogen) atoms. The molecule has 6 heteroatoms. The van der Waals surface area contributed by atoms with E-state index >= 15 is 0 Å². The van der Waals surface area contributed by atoms with E-state index in [1.54, 1.807) is 19.1 Å². The quantitative estimate of drug-likeness (QED) is 0.786. The highest BCUT2D eigenvalue weighted by molar-refractivity contribution is 5.95. The minimum atomic E-state index is -0.449. The number of benzene rings is 1. The van der Waals surface area contributed by atoms with E-state index in [-0.39, 0.29) is 5.91 Å². The van der Waals surface area contributed by atoms with E-state index in [2.05, 4.69) is 5.32 Å². The molecule has 2 N–H and O–H groups in total. The number of methoxy groups -OCH3 is 3. The highest BCUT2D eigenvalue weighted by atomic mass is 16.5. The van der Waals surface area contributed by atoms with Gasteiger partial charge in [-0.05, 0) is 25.5 Å². The molecule has 1 amide bonds. The molecular formula is C14H21NO5. The van der Waals surface area contributed by atoms with Crippen LogP contribution in [0.15, 0.2) is 12.1 Å². The highest BCUT2D eigenvalue weighted by Crippen LogP contribution is 2.38. The predicted molar refractivity (Wildman–Crippen MR) is 74.7 cm³/mol. The monoisotopic (exact) mass is 283 g/mol. The minimum absolute atomic E-state index is 0.259. The minimum Gasteiger partial charge on any atom is -0.493 e. The fourth-order valence-electron chi connectivity index (χ4n) is 1.71. The van der Waals surface area contributed by atoms with E-state index in [9.17, 15) is 4.79 Å².